The molecule has 0 amide bonds. The molecule has 0 unspecified atom stereocenters. The Morgan fingerprint density at radius 2 is 1.21 bits per heavy atom. The lowest BCUT2D eigenvalue weighted by atomic mass is 10.0. The zero-order chi connectivity index (χ0) is 34.6. The van der Waals surface area contributed by atoms with E-state index in [-0.39, 0.29) is 19.0 Å². The van der Waals surface area contributed by atoms with Crippen molar-refractivity contribution in [3.63, 3.8) is 0 Å². The smallest absolute Gasteiger partial charge is 0.306 e. The van der Waals surface area contributed by atoms with E-state index >= 15 is 0 Å². The van der Waals surface area contributed by atoms with Crippen molar-refractivity contribution >= 4 is 11.9 Å². The van der Waals surface area contributed by atoms with Crippen molar-refractivity contribution < 1.29 is 29.3 Å². The molecule has 0 saturated carbocycles. The van der Waals surface area contributed by atoms with Gasteiger partial charge in [0.2, 0.25) is 0 Å². The number of unbranched alkanes of at least 4 members (excludes halogenated alkanes) is 14. The maximum absolute atomic E-state index is 12.2. The number of aliphatic hydroxyl groups is 2. The second-order valence-corrected chi connectivity index (χ2v) is 13.3. The van der Waals surface area contributed by atoms with Gasteiger partial charge >= 0.3 is 11.9 Å². The van der Waals surface area contributed by atoms with Crippen molar-refractivity contribution in [2.75, 3.05) is 13.2 Å². The number of carbonyl (C=O) groups excluding carboxylic acids is 2. The molecule has 6 nitrogen and oxygen atoms in total. The lowest BCUT2D eigenvalue weighted by Crippen LogP contribution is -2.28. The highest BCUT2D eigenvalue weighted by atomic mass is 16.6. The summed E-state index contributed by atoms with van der Waals surface area (Å²) in [6.45, 7) is 6.28. The molecule has 6 heteroatoms. The summed E-state index contributed by atoms with van der Waals surface area (Å²) < 4.78 is 10.5. The molecule has 0 aliphatic rings. The Kier molecular flexibility index (Phi) is 33.5. The van der Waals surface area contributed by atoms with Crippen molar-refractivity contribution in [1.29, 1.82) is 0 Å². The van der Waals surface area contributed by atoms with Gasteiger partial charge in [-0.1, -0.05) is 159 Å². The minimum atomic E-state index is -0.864. The molecule has 47 heavy (non-hydrogen) atoms. The predicted octanol–water partition coefficient (Wildman–Crippen LogP) is 10.7. The number of carbonyl (C=O) groups is 2. The monoisotopic (exact) mass is 661 g/mol. The van der Waals surface area contributed by atoms with E-state index in [2.05, 4.69) is 45.1 Å². The third-order valence-corrected chi connectivity index (χ3v) is 8.16. The normalized spacial score (nSPS) is 13.5. The summed E-state index contributed by atoms with van der Waals surface area (Å²) >= 11 is 0. The quantitative estimate of drug-likeness (QED) is 0.0315. The SMILES string of the molecule is CCCCC/C=C\C/C=C\C/C=C\C=C\[C@H](O)CCCC(=O)O[C@@H](CO)COC(=O)CCCCCCCCCCCCCCC(C)C. The summed E-state index contributed by atoms with van der Waals surface area (Å²) in [6, 6.07) is 0. The third-order valence-electron chi connectivity index (χ3n) is 8.16. The molecule has 0 aliphatic heterocycles. The zero-order valence-corrected chi connectivity index (χ0v) is 30.6. The van der Waals surface area contributed by atoms with E-state index in [4.69, 9.17) is 9.47 Å². The molecule has 0 aromatic heterocycles. The molecule has 2 atom stereocenters. The number of allylic oxidation sites excluding steroid dienone is 7. The van der Waals surface area contributed by atoms with Crippen molar-refractivity contribution in [1.82, 2.24) is 0 Å². The minimum absolute atomic E-state index is 0.126. The minimum Gasteiger partial charge on any atom is -0.462 e. The van der Waals surface area contributed by atoms with Gasteiger partial charge in [-0.05, 0) is 50.9 Å². The molecule has 272 valence electrons. The summed E-state index contributed by atoms with van der Waals surface area (Å²) in [5.74, 6) is 0.0374. The molecule has 0 saturated heterocycles. The highest BCUT2D eigenvalue weighted by Crippen LogP contribution is 2.15. The first-order valence-electron chi connectivity index (χ1n) is 19.2. The topological polar surface area (TPSA) is 93.1 Å². The highest BCUT2D eigenvalue weighted by Gasteiger charge is 2.16. The van der Waals surface area contributed by atoms with Crippen LogP contribution in [0.25, 0.3) is 0 Å². The fraction of sp³-hybridized carbons (Fsp3) is 0.756. The Balaban J connectivity index is 3.77. The number of hydrogen-bond donors (Lipinski definition) is 2. The van der Waals surface area contributed by atoms with Gasteiger partial charge in [0, 0.05) is 12.8 Å². The Hall–Kier alpha value is -2.18. The van der Waals surface area contributed by atoms with Crippen LogP contribution in [0.2, 0.25) is 0 Å². The largest absolute Gasteiger partial charge is 0.462 e. The Morgan fingerprint density at radius 1 is 0.638 bits per heavy atom. The fourth-order valence-electron chi connectivity index (χ4n) is 5.19. The Labute approximate surface area is 289 Å². The zero-order valence-electron chi connectivity index (χ0n) is 30.6. The van der Waals surface area contributed by atoms with E-state index in [1.54, 1.807) is 6.08 Å². The first-order valence-corrected chi connectivity index (χ1v) is 19.2. The maximum Gasteiger partial charge on any atom is 0.306 e. The summed E-state index contributed by atoms with van der Waals surface area (Å²) in [4.78, 5) is 24.2. The number of aliphatic hydroxyl groups excluding tert-OH is 2. The average molecular weight is 661 g/mol. The second-order valence-electron chi connectivity index (χ2n) is 13.3. The lowest BCUT2D eigenvalue weighted by Gasteiger charge is -2.16. The standard InChI is InChI=1S/C41H72O6/c1-4-5-6-7-8-9-10-11-15-18-21-24-27-31-38(43)32-29-34-41(45)47-39(35-42)36-46-40(44)33-28-25-22-19-16-13-12-14-17-20-23-26-30-37(2)3/h8-9,11,15,21,24,27,31,37-39,42-43H,4-7,10,12-14,16-20,22-23,25-26,28-30,32-36H2,1-3H3/b9-8-,15-11-,24-21-,31-27+/t38-,39-/m0/s1. The lowest BCUT2D eigenvalue weighted by molar-refractivity contribution is -0.161. The van der Waals surface area contributed by atoms with Crippen LogP contribution in [0.1, 0.15) is 168 Å². The van der Waals surface area contributed by atoms with Crippen molar-refractivity contribution in [2.45, 2.75) is 181 Å². The summed E-state index contributed by atoms with van der Waals surface area (Å²) in [6.07, 6.45) is 39.1. The van der Waals surface area contributed by atoms with Gasteiger partial charge in [0.1, 0.15) is 6.61 Å². The highest BCUT2D eigenvalue weighted by molar-refractivity contribution is 5.70. The number of hydrogen-bond acceptors (Lipinski definition) is 6. The Morgan fingerprint density at radius 3 is 1.83 bits per heavy atom. The molecule has 0 aliphatic carbocycles. The van der Waals surface area contributed by atoms with Crippen LogP contribution >= 0.6 is 0 Å². The van der Waals surface area contributed by atoms with Gasteiger partial charge in [-0.15, -0.1) is 0 Å². The molecule has 2 N–H and O–H groups in total. The number of ether oxygens (including phenoxy) is 2. The molecular weight excluding hydrogens is 588 g/mol. The molecule has 0 bridgehead atoms. The van der Waals surface area contributed by atoms with Gasteiger partial charge in [-0.2, -0.15) is 0 Å². The number of esters is 2. The van der Waals surface area contributed by atoms with Crippen LogP contribution in [0.4, 0.5) is 0 Å². The molecule has 0 fully saturated rings. The molecule has 0 radical (unpaired) electrons. The van der Waals surface area contributed by atoms with Gasteiger partial charge in [-0.25, -0.2) is 0 Å². The second kappa shape index (κ2) is 35.1. The van der Waals surface area contributed by atoms with Crippen LogP contribution in [0.15, 0.2) is 48.6 Å². The molecule has 0 rings (SSSR count). The van der Waals surface area contributed by atoms with Gasteiger partial charge in [0.15, 0.2) is 6.10 Å². The summed E-state index contributed by atoms with van der Waals surface area (Å²) in [5.41, 5.74) is 0. The average Bonchev–Trinajstić information content (AvgIpc) is 3.05. The predicted molar refractivity (Wildman–Crippen MR) is 197 cm³/mol. The van der Waals surface area contributed by atoms with E-state index in [0.29, 0.717) is 19.3 Å². The Bertz CT molecular complexity index is 828. The van der Waals surface area contributed by atoms with Crippen molar-refractivity contribution in [2.24, 2.45) is 5.92 Å². The van der Waals surface area contributed by atoms with Crippen LogP contribution in [-0.4, -0.2) is 47.6 Å². The molecule has 0 heterocycles. The van der Waals surface area contributed by atoms with Gasteiger partial charge < -0.3 is 19.7 Å². The molecule has 0 spiro atoms. The van der Waals surface area contributed by atoms with E-state index in [0.717, 1.165) is 44.4 Å². The maximum atomic E-state index is 12.2. The van der Waals surface area contributed by atoms with Crippen LogP contribution in [0.3, 0.4) is 0 Å². The van der Waals surface area contributed by atoms with Gasteiger partial charge in [-0.3, -0.25) is 9.59 Å². The van der Waals surface area contributed by atoms with Crippen LogP contribution in [0.5, 0.6) is 0 Å². The van der Waals surface area contributed by atoms with E-state index in [1.807, 2.05) is 18.2 Å². The molecule has 0 aromatic rings. The van der Waals surface area contributed by atoms with E-state index < -0.39 is 24.8 Å². The van der Waals surface area contributed by atoms with Crippen molar-refractivity contribution in [3.8, 4) is 0 Å². The third kappa shape index (κ3) is 35.0. The van der Waals surface area contributed by atoms with Crippen LogP contribution in [0, 0.1) is 5.92 Å². The summed E-state index contributed by atoms with van der Waals surface area (Å²) in [7, 11) is 0. The summed E-state index contributed by atoms with van der Waals surface area (Å²) in [5, 5.41) is 19.7. The first-order chi connectivity index (χ1) is 22.9. The van der Waals surface area contributed by atoms with Gasteiger partial charge in [0.25, 0.3) is 0 Å². The van der Waals surface area contributed by atoms with E-state index in [1.165, 1.54) is 83.5 Å². The first kappa shape index (κ1) is 44.8. The number of rotatable bonds is 33. The molecule has 0 aromatic carbocycles. The van der Waals surface area contributed by atoms with Crippen LogP contribution in [-0.2, 0) is 19.1 Å². The fourth-order valence-corrected chi connectivity index (χ4v) is 5.19. The molecular formula is C41H72O6. The van der Waals surface area contributed by atoms with E-state index in [9.17, 15) is 19.8 Å². The van der Waals surface area contributed by atoms with Crippen molar-refractivity contribution in [3.05, 3.63) is 48.6 Å². The van der Waals surface area contributed by atoms with Crippen LogP contribution < -0.4 is 0 Å². The van der Waals surface area contributed by atoms with Gasteiger partial charge in [0.05, 0.1) is 12.7 Å².